The summed E-state index contributed by atoms with van der Waals surface area (Å²) >= 11 is 0. The molecule has 1 aromatic heterocycles. The molecule has 4 fully saturated rings. The minimum Gasteiger partial charge on any atom is -0.338 e. The predicted molar refractivity (Wildman–Crippen MR) is 85.2 cm³/mol. The largest absolute Gasteiger partial charge is 0.338 e. The number of unbranched alkanes of at least 4 members (excludes halogenated alkanes) is 2. The molecule has 0 saturated heterocycles. The monoisotopic (exact) mass is 303 g/mol. The summed E-state index contributed by atoms with van der Waals surface area (Å²) in [5.41, 5.74) is 6.47. The number of hydrogen-bond acceptors (Lipinski definition) is 4. The van der Waals surface area contributed by atoms with Gasteiger partial charge in [-0.05, 0) is 62.7 Å². The summed E-state index contributed by atoms with van der Waals surface area (Å²) < 4.78 is 5.56. The fraction of sp³-hybridized carbons (Fsp3) is 0.889. The quantitative estimate of drug-likeness (QED) is 0.803. The molecule has 4 aliphatic rings. The van der Waals surface area contributed by atoms with Crippen LogP contribution in [0, 0.1) is 17.8 Å². The lowest BCUT2D eigenvalue weighted by Crippen LogP contribution is -2.49. The van der Waals surface area contributed by atoms with E-state index in [1.165, 1.54) is 51.4 Å². The molecule has 2 N–H and O–H groups in total. The summed E-state index contributed by atoms with van der Waals surface area (Å²) in [7, 11) is 0. The van der Waals surface area contributed by atoms with Crippen molar-refractivity contribution in [3.05, 3.63) is 11.7 Å². The number of nitrogens with two attached hydrogens (primary N) is 1. The lowest BCUT2D eigenvalue weighted by molar-refractivity contribution is -0.0103. The zero-order valence-corrected chi connectivity index (χ0v) is 13.8. The number of aromatic nitrogens is 2. The van der Waals surface area contributed by atoms with E-state index in [-0.39, 0.29) is 11.5 Å². The number of rotatable bonds is 6. The third-order valence-electron chi connectivity index (χ3n) is 6.39. The molecule has 4 saturated carbocycles. The van der Waals surface area contributed by atoms with Crippen molar-refractivity contribution >= 4 is 0 Å². The molecule has 22 heavy (non-hydrogen) atoms. The fourth-order valence-electron chi connectivity index (χ4n) is 5.72. The van der Waals surface area contributed by atoms with Crippen molar-refractivity contribution in [3.8, 4) is 0 Å². The second kappa shape index (κ2) is 5.63. The molecule has 4 bridgehead atoms. The first-order chi connectivity index (χ1) is 10.7. The van der Waals surface area contributed by atoms with E-state index in [2.05, 4.69) is 12.1 Å². The molecule has 122 valence electrons. The fourth-order valence-corrected chi connectivity index (χ4v) is 5.72. The van der Waals surface area contributed by atoms with E-state index in [1.807, 2.05) is 0 Å². The molecule has 1 heterocycles. The minimum absolute atomic E-state index is 0.0817. The van der Waals surface area contributed by atoms with E-state index in [9.17, 15) is 0 Å². The molecule has 4 aliphatic carbocycles. The number of hydrogen-bond donors (Lipinski definition) is 1. The van der Waals surface area contributed by atoms with Crippen LogP contribution in [0.25, 0.3) is 0 Å². The molecule has 0 aromatic carbocycles. The zero-order chi connectivity index (χ0) is 15.2. The smallest absolute Gasteiger partial charge is 0.243 e. The lowest BCUT2D eigenvalue weighted by atomic mass is 9.49. The molecule has 0 amide bonds. The Hall–Kier alpha value is -0.900. The highest BCUT2D eigenvalue weighted by Gasteiger charge is 2.53. The summed E-state index contributed by atoms with van der Waals surface area (Å²) in [6, 6.07) is -0.0817. The van der Waals surface area contributed by atoms with Crippen molar-refractivity contribution in [2.24, 2.45) is 23.5 Å². The Morgan fingerprint density at radius 2 is 1.77 bits per heavy atom. The molecular weight excluding hydrogens is 274 g/mol. The van der Waals surface area contributed by atoms with Gasteiger partial charge in [0.25, 0.3) is 0 Å². The van der Waals surface area contributed by atoms with E-state index >= 15 is 0 Å². The van der Waals surface area contributed by atoms with Crippen LogP contribution in [0.2, 0.25) is 0 Å². The Morgan fingerprint density at radius 1 is 1.14 bits per heavy atom. The summed E-state index contributed by atoms with van der Waals surface area (Å²) in [6.07, 6.45) is 12.7. The minimum atomic E-state index is -0.0817. The molecule has 0 radical (unpaired) electrons. The van der Waals surface area contributed by atoms with Crippen LogP contribution in [-0.2, 0) is 5.41 Å². The highest BCUT2D eigenvalue weighted by molar-refractivity contribution is 5.16. The van der Waals surface area contributed by atoms with Crippen molar-refractivity contribution in [3.63, 3.8) is 0 Å². The maximum Gasteiger partial charge on any atom is 0.243 e. The van der Waals surface area contributed by atoms with Gasteiger partial charge in [-0.1, -0.05) is 31.3 Å². The van der Waals surface area contributed by atoms with Crippen molar-refractivity contribution in [2.45, 2.75) is 82.6 Å². The summed E-state index contributed by atoms with van der Waals surface area (Å²) in [6.45, 7) is 2.21. The van der Waals surface area contributed by atoms with Gasteiger partial charge in [0.15, 0.2) is 5.82 Å². The van der Waals surface area contributed by atoms with Crippen molar-refractivity contribution in [1.82, 2.24) is 10.1 Å². The van der Waals surface area contributed by atoms with Crippen molar-refractivity contribution in [2.75, 3.05) is 0 Å². The van der Waals surface area contributed by atoms with E-state index in [1.54, 1.807) is 0 Å². The average Bonchev–Trinajstić information content (AvgIpc) is 2.96. The van der Waals surface area contributed by atoms with Crippen LogP contribution in [0.5, 0.6) is 0 Å². The maximum atomic E-state index is 6.24. The van der Waals surface area contributed by atoms with Crippen LogP contribution in [0.4, 0.5) is 0 Å². The Kier molecular flexibility index (Phi) is 3.75. The van der Waals surface area contributed by atoms with Gasteiger partial charge < -0.3 is 10.3 Å². The highest BCUT2D eigenvalue weighted by Crippen LogP contribution is 2.60. The molecule has 1 aromatic rings. The Balaban J connectivity index is 1.49. The van der Waals surface area contributed by atoms with Gasteiger partial charge >= 0.3 is 0 Å². The third-order valence-corrected chi connectivity index (χ3v) is 6.39. The van der Waals surface area contributed by atoms with Crippen LogP contribution < -0.4 is 5.73 Å². The molecule has 4 nitrogen and oxygen atoms in total. The van der Waals surface area contributed by atoms with Gasteiger partial charge in [-0.25, -0.2) is 0 Å². The second-order valence-electron chi connectivity index (χ2n) is 8.26. The Bertz CT molecular complexity index is 489. The second-order valence-corrected chi connectivity index (χ2v) is 8.26. The Labute approximate surface area is 133 Å². The topological polar surface area (TPSA) is 64.9 Å². The van der Waals surface area contributed by atoms with Gasteiger partial charge in [0.05, 0.1) is 6.04 Å². The van der Waals surface area contributed by atoms with Gasteiger partial charge in [-0.15, -0.1) is 0 Å². The molecule has 1 atom stereocenters. The summed E-state index contributed by atoms with van der Waals surface area (Å²) in [5.74, 6) is 4.37. The van der Waals surface area contributed by atoms with Gasteiger partial charge in [0, 0.05) is 5.41 Å². The molecule has 4 heteroatoms. The summed E-state index contributed by atoms with van der Waals surface area (Å²) in [5, 5.41) is 4.39. The van der Waals surface area contributed by atoms with Crippen LogP contribution in [0.15, 0.2) is 4.52 Å². The van der Waals surface area contributed by atoms with E-state index < -0.39 is 0 Å². The third kappa shape index (κ3) is 2.49. The summed E-state index contributed by atoms with van der Waals surface area (Å²) in [4.78, 5) is 4.78. The standard InChI is InChI=1S/C18H29N3O/c1-2-3-4-5-15(19)16-20-17(21-22-16)18-9-12-6-13(10-18)8-14(7-12)11-18/h12-15H,2-11,19H2,1H3/t12?,13?,14?,15-,18?/m0/s1. The van der Waals surface area contributed by atoms with Crippen LogP contribution in [0.3, 0.4) is 0 Å². The van der Waals surface area contributed by atoms with E-state index in [0.717, 1.165) is 36.4 Å². The molecule has 0 unspecified atom stereocenters. The van der Waals surface area contributed by atoms with E-state index in [0.29, 0.717) is 5.89 Å². The first kappa shape index (κ1) is 14.7. The van der Waals surface area contributed by atoms with Gasteiger partial charge in [-0.3, -0.25) is 0 Å². The first-order valence-electron chi connectivity index (χ1n) is 9.28. The van der Waals surface area contributed by atoms with Gasteiger partial charge in [0.1, 0.15) is 0 Å². The maximum absolute atomic E-state index is 6.24. The van der Waals surface area contributed by atoms with Gasteiger partial charge in [-0.2, -0.15) is 4.98 Å². The molecule has 5 rings (SSSR count). The van der Waals surface area contributed by atoms with Crippen LogP contribution in [-0.4, -0.2) is 10.1 Å². The van der Waals surface area contributed by atoms with Crippen molar-refractivity contribution in [1.29, 1.82) is 0 Å². The SMILES string of the molecule is CCCCC[C@H](N)c1nc(C23CC4CC(CC(C4)C2)C3)no1. The Morgan fingerprint density at radius 3 is 2.36 bits per heavy atom. The van der Waals surface area contributed by atoms with Crippen LogP contribution >= 0.6 is 0 Å². The number of nitrogens with zero attached hydrogens (tertiary/aromatic N) is 2. The lowest BCUT2D eigenvalue weighted by Gasteiger charge is -2.55. The van der Waals surface area contributed by atoms with Crippen molar-refractivity contribution < 1.29 is 4.52 Å². The molecular formula is C18H29N3O. The zero-order valence-electron chi connectivity index (χ0n) is 13.8. The molecule has 0 spiro atoms. The predicted octanol–water partition coefficient (Wildman–Crippen LogP) is 4.12. The van der Waals surface area contributed by atoms with Gasteiger partial charge in [0.2, 0.25) is 5.89 Å². The first-order valence-corrected chi connectivity index (χ1v) is 9.28. The normalized spacial score (nSPS) is 37.6. The average molecular weight is 303 g/mol. The van der Waals surface area contributed by atoms with Crippen LogP contribution in [0.1, 0.15) is 88.9 Å². The highest BCUT2D eigenvalue weighted by atomic mass is 16.5. The molecule has 0 aliphatic heterocycles. The van der Waals surface area contributed by atoms with E-state index in [4.69, 9.17) is 15.2 Å².